The number of nitrogens with one attached hydrogen (secondary N) is 1. The summed E-state index contributed by atoms with van der Waals surface area (Å²) in [6, 6.07) is 12.8. The first-order chi connectivity index (χ1) is 13.0. The van der Waals surface area contributed by atoms with Gasteiger partial charge in [-0.3, -0.25) is 9.59 Å². The zero-order valence-electron chi connectivity index (χ0n) is 15.8. The summed E-state index contributed by atoms with van der Waals surface area (Å²) in [5.74, 6) is 0.0385. The molecule has 0 saturated carbocycles. The third kappa shape index (κ3) is 3.89. The van der Waals surface area contributed by atoms with Gasteiger partial charge in [-0.2, -0.15) is 0 Å². The van der Waals surface area contributed by atoms with E-state index in [0.29, 0.717) is 18.0 Å². The molecule has 1 N–H and O–H groups in total. The van der Waals surface area contributed by atoms with Crippen LogP contribution >= 0.6 is 0 Å². The largest absolute Gasteiger partial charge is 0.493 e. The number of amides is 2. The number of rotatable bonds is 4. The second kappa shape index (κ2) is 8.12. The van der Waals surface area contributed by atoms with Gasteiger partial charge >= 0.3 is 11.8 Å². The van der Waals surface area contributed by atoms with Crippen molar-refractivity contribution in [3.63, 3.8) is 0 Å². The number of methoxy groups -OCH3 is 2. The number of benzene rings is 2. The van der Waals surface area contributed by atoms with Crippen LogP contribution in [-0.2, 0) is 16.0 Å². The smallest absolute Gasteiger partial charge is 0.316 e. The third-order valence-electron chi connectivity index (χ3n) is 4.80. The van der Waals surface area contributed by atoms with E-state index in [1.165, 1.54) is 0 Å². The summed E-state index contributed by atoms with van der Waals surface area (Å²) in [7, 11) is 3.13. The molecule has 2 aromatic carbocycles. The molecule has 1 aliphatic rings. The van der Waals surface area contributed by atoms with E-state index in [4.69, 9.17) is 9.47 Å². The highest BCUT2D eigenvalue weighted by molar-refractivity contribution is 6.40. The summed E-state index contributed by atoms with van der Waals surface area (Å²) >= 11 is 0. The number of nitrogens with zero attached hydrogens (tertiary/aromatic N) is 1. The molecular weight excluding hydrogens is 344 g/mol. The maximum absolute atomic E-state index is 12.7. The van der Waals surface area contributed by atoms with Crippen LogP contribution in [0.3, 0.4) is 0 Å². The van der Waals surface area contributed by atoms with Crippen LogP contribution in [0.25, 0.3) is 0 Å². The molecule has 6 heteroatoms. The van der Waals surface area contributed by atoms with Gasteiger partial charge < -0.3 is 19.7 Å². The lowest BCUT2D eigenvalue weighted by molar-refractivity contribution is -0.138. The molecule has 3 rings (SSSR count). The van der Waals surface area contributed by atoms with Gasteiger partial charge in [-0.25, -0.2) is 0 Å². The van der Waals surface area contributed by atoms with Gasteiger partial charge in [0.05, 0.1) is 20.3 Å². The monoisotopic (exact) mass is 368 g/mol. The molecule has 6 nitrogen and oxygen atoms in total. The second-order valence-electron chi connectivity index (χ2n) is 6.50. The Hall–Kier alpha value is -3.02. The number of hydrogen-bond donors (Lipinski definition) is 1. The molecule has 0 bridgehead atoms. The molecule has 0 spiro atoms. The van der Waals surface area contributed by atoms with E-state index in [-0.39, 0.29) is 6.04 Å². The van der Waals surface area contributed by atoms with Crippen molar-refractivity contribution in [1.29, 1.82) is 0 Å². The standard InChI is InChI=1S/C21H24N2O4/c1-14(16-10-11-18(26-2)19(13-16)27-3)22-20(24)21(25)23-12-6-8-15-7-4-5-9-17(15)23/h4-5,7,9-11,13-14H,6,8,12H2,1-3H3,(H,22,24). The maximum atomic E-state index is 12.7. The Labute approximate surface area is 159 Å². The molecular formula is C21H24N2O4. The van der Waals surface area contributed by atoms with Gasteiger partial charge in [-0.05, 0) is 49.1 Å². The number of carbonyl (C=O) groups excluding carboxylic acids is 2. The number of fused-ring (bicyclic) bond motifs is 1. The van der Waals surface area contributed by atoms with E-state index < -0.39 is 11.8 Å². The molecule has 27 heavy (non-hydrogen) atoms. The number of hydrogen-bond acceptors (Lipinski definition) is 4. The van der Waals surface area contributed by atoms with Gasteiger partial charge in [-0.1, -0.05) is 24.3 Å². The van der Waals surface area contributed by atoms with Crippen LogP contribution < -0.4 is 19.7 Å². The van der Waals surface area contributed by atoms with E-state index in [9.17, 15) is 9.59 Å². The molecule has 1 aliphatic heterocycles. The number of carbonyl (C=O) groups is 2. The van der Waals surface area contributed by atoms with Gasteiger partial charge in [0.15, 0.2) is 11.5 Å². The summed E-state index contributed by atoms with van der Waals surface area (Å²) in [5.41, 5.74) is 2.74. The normalized spacial score (nSPS) is 14.1. The predicted molar refractivity (Wildman–Crippen MR) is 103 cm³/mol. The summed E-state index contributed by atoms with van der Waals surface area (Å²) in [5, 5.41) is 2.79. The summed E-state index contributed by atoms with van der Waals surface area (Å²) in [6.45, 7) is 2.38. The van der Waals surface area contributed by atoms with Crippen molar-refractivity contribution in [2.24, 2.45) is 0 Å². The minimum atomic E-state index is -0.617. The molecule has 0 aromatic heterocycles. The first-order valence-electron chi connectivity index (χ1n) is 8.97. The Kier molecular flexibility index (Phi) is 5.64. The van der Waals surface area contributed by atoms with E-state index >= 15 is 0 Å². The number of anilines is 1. The van der Waals surface area contributed by atoms with Gasteiger partial charge in [0.1, 0.15) is 0 Å². The van der Waals surface area contributed by atoms with E-state index in [1.54, 1.807) is 31.3 Å². The zero-order chi connectivity index (χ0) is 19.4. The Bertz CT molecular complexity index is 850. The minimum absolute atomic E-state index is 0.346. The predicted octanol–water partition coefficient (Wildman–Crippen LogP) is 2.86. The Morgan fingerprint density at radius 1 is 1.07 bits per heavy atom. The molecule has 0 saturated heterocycles. The van der Waals surface area contributed by atoms with Crippen LogP contribution in [0, 0.1) is 0 Å². The highest BCUT2D eigenvalue weighted by Gasteiger charge is 2.28. The van der Waals surface area contributed by atoms with Crippen LogP contribution in [-0.4, -0.2) is 32.6 Å². The van der Waals surface area contributed by atoms with Gasteiger partial charge in [0.25, 0.3) is 0 Å². The van der Waals surface area contributed by atoms with Crippen LogP contribution in [0.2, 0.25) is 0 Å². The number of ether oxygens (including phenoxy) is 2. The highest BCUT2D eigenvalue weighted by atomic mass is 16.5. The third-order valence-corrected chi connectivity index (χ3v) is 4.80. The average Bonchev–Trinajstić information content (AvgIpc) is 2.72. The molecule has 0 aliphatic carbocycles. The fourth-order valence-corrected chi connectivity index (χ4v) is 3.33. The lowest BCUT2D eigenvalue weighted by atomic mass is 10.0. The maximum Gasteiger partial charge on any atom is 0.316 e. The SMILES string of the molecule is COc1ccc(C(C)NC(=O)C(=O)N2CCCc3ccccc32)cc1OC. The van der Waals surface area contributed by atoms with Crippen molar-refractivity contribution < 1.29 is 19.1 Å². The summed E-state index contributed by atoms with van der Waals surface area (Å²) in [6.07, 6.45) is 1.77. The van der Waals surface area contributed by atoms with Crippen molar-refractivity contribution in [3.8, 4) is 11.5 Å². The Morgan fingerprint density at radius 2 is 1.81 bits per heavy atom. The van der Waals surface area contributed by atoms with Crippen molar-refractivity contribution in [2.75, 3.05) is 25.7 Å². The first kappa shape index (κ1) is 18.8. The molecule has 0 radical (unpaired) electrons. The second-order valence-corrected chi connectivity index (χ2v) is 6.50. The minimum Gasteiger partial charge on any atom is -0.493 e. The van der Waals surface area contributed by atoms with Crippen molar-refractivity contribution in [3.05, 3.63) is 53.6 Å². The molecule has 1 atom stereocenters. The summed E-state index contributed by atoms with van der Waals surface area (Å²) < 4.78 is 10.5. The molecule has 2 amide bonds. The topological polar surface area (TPSA) is 67.9 Å². The summed E-state index contributed by atoms with van der Waals surface area (Å²) in [4.78, 5) is 26.8. The van der Waals surface area contributed by atoms with Crippen LogP contribution in [0.5, 0.6) is 11.5 Å². The molecule has 0 fully saturated rings. The van der Waals surface area contributed by atoms with Crippen LogP contribution in [0.4, 0.5) is 5.69 Å². The van der Waals surface area contributed by atoms with Gasteiger partial charge in [-0.15, -0.1) is 0 Å². The fourth-order valence-electron chi connectivity index (χ4n) is 3.33. The highest BCUT2D eigenvalue weighted by Crippen LogP contribution is 2.30. The molecule has 1 unspecified atom stereocenters. The average molecular weight is 368 g/mol. The number of para-hydroxylation sites is 1. The zero-order valence-corrected chi connectivity index (χ0v) is 15.8. The van der Waals surface area contributed by atoms with Crippen LogP contribution in [0.15, 0.2) is 42.5 Å². The lowest BCUT2D eigenvalue weighted by Gasteiger charge is -2.29. The van der Waals surface area contributed by atoms with E-state index in [2.05, 4.69) is 5.32 Å². The quantitative estimate of drug-likeness (QED) is 0.843. The molecule has 1 heterocycles. The van der Waals surface area contributed by atoms with Crippen molar-refractivity contribution in [2.45, 2.75) is 25.8 Å². The van der Waals surface area contributed by atoms with E-state index in [1.807, 2.05) is 37.3 Å². The van der Waals surface area contributed by atoms with Crippen LogP contribution in [0.1, 0.15) is 30.5 Å². The van der Waals surface area contributed by atoms with E-state index in [0.717, 1.165) is 29.7 Å². The Morgan fingerprint density at radius 3 is 2.56 bits per heavy atom. The molecule has 2 aromatic rings. The molecule has 142 valence electrons. The van der Waals surface area contributed by atoms with Crippen molar-refractivity contribution >= 4 is 17.5 Å². The van der Waals surface area contributed by atoms with Crippen molar-refractivity contribution in [1.82, 2.24) is 5.32 Å². The first-order valence-corrected chi connectivity index (χ1v) is 8.97. The lowest BCUT2D eigenvalue weighted by Crippen LogP contribution is -2.45. The number of aryl methyl sites for hydroxylation is 1. The van der Waals surface area contributed by atoms with Gasteiger partial charge in [0, 0.05) is 12.2 Å². The Balaban J connectivity index is 1.73. The fraction of sp³-hybridized carbons (Fsp3) is 0.333. The van der Waals surface area contributed by atoms with Gasteiger partial charge in [0.2, 0.25) is 0 Å².